The minimum atomic E-state index is -0.391. The van der Waals surface area contributed by atoms with Crippen LogP contribution in [0.25, 0.3) is 0 Å². The van der Waals surface area contributed by atoms with Crippen LogP contribution in [0.15, 0.2) is 4.99 Å². The van der Waals surface area contributed by atoms with Gasteiger partial charge in [0.25, 0.3) is 0 Å². The van der Waals surface area contributed by atoms with E-state index in [-0.39, 0.29) is 11.9 Å². The van der Waals surface area contributed by atoms with Crippen LogP contribution in [0.2, 0.25) is 0 Å². The molecular formula is C10H20N2O2. The average Bonchev–Trinajstić information content (AvgIpc) is 2.03. The Kier molecular flexibility index (Phi) is 5.92. The van der Waals surface area contributed by atoms with E-state index in [0.717, 1.165) is 0 Å². The number of esters is 1. The number of carbonyl (C=O) groups is 1. The van der Waals surface area contributed by atoms with Crippen molar-refractivity contribution in [2.45, 2.75) is 26.8 Å². The van der Waals surface area contributed by atoms with Gasteiger partial charge in [-0.3, -0.25) is 4.99 Å². The lowest BCUT2D eigenvalue weighted by molar-refractivity contribution is -0.145. The molecule has 0 fully saturated rings. The van der Waals surface area contributed by atoms with E-state index in [1.807, 2.05) is 27.9 Å². The van der Waals surface area contributed by atoms with E-state index in [2.05, 4.69) is 4.99 Å². The molecule has 14 heavy (non-hydrogen) atoms. The highest BCUT2D eigenvalue weighted by Gasteiger charge is 2.21. The predicted octanol–water partition coefficient (Wildman–Crippen LogP) is 1.16. The van der Waals surface area contributed by atoms with Crippen LogP contribution in [-0.4, -0.2) is 44.0 Å². The molecule has 0 N–H and O–H groups in total. The number of hydrogen-bond donors (Lipinski definition) is 0. The molecule has 0 aliphatic rings. The molecule has 4 heteroatoms. The van der Waals surface area contributed by atoms with Crippen LogP contribution in [0.1, 0.15) is 20.8 Å². The summed E-state index contributed by atoms with van der Waals surface area (Å²) < 4.78 is 4.93. The van der Waals surface area contributed by atoms with Crippen molar-refractivity contribution >= 4 is 12.3 Å². The van der Waals surface area contributed by atoms with Gasteiger partial charge in [0.2, 0.25) is 0 Å². The fourth-order valence-electron chi connectivity index (χ4n) is 0.938. The fraction of sp³-hybridized carbons (Fsp3) is 0.800. The van der Waals surface area contributed by atoms with Crippen molar-refractivity contribution in [2.24, 2.45) is 10.9 Å². The minimum Gasteiger partial charge on any atom is -0.464 e. The van der Waals surface area contributed by atoms with Crippen molar-refractivity contribution < 1.29 is 9.53 Å². The van der Waals surface area contributed by atoms with E-state index in [1.165, 1.54) is 0 Å². The number of carbonyl (C=O) groups excluding carboxylic acids is 1. The standard InChI is InChI=1S/C10H20N2O2/c1-6-14-10(13)9(8(2)3)11-7-12(4)5/h7-9H,6H2,1-5H3. The number of nitrogens with zero attached hydrogens (tertiary/aromatic N) is 2. The molecule has 0 saturated carbocycles. The first-order chi connectivity index (χ1) is 6.49. The summed E-state index contributed by atoms with van der Waals surface area (Å²) in [6.07, 6.45) is 1.64. The molecule has 0 saturated heterocycles. The van der Waals surface area contributed by atoms with Gasteiger partial charge in [0.15, 0.2) is 6.04 Å². The van der Waals surface area contributed by atoms with Gasteiger partial charge in [0, 0.05) is 14.1 Å². The molecule has 0 bridgehead atoms. The third-order valence-corrected chi connectivity index (χ3v) is 1.62. The number of hydrogen-bond acceptors (Lipinski definition) is 3. The van der Waals surface area contributed by atoms with Crippen LogP contribution in [-0.2, 0) is 9.53 Å². The normalized spacial score (nSPS) is 13.3. The summed E-state index contributed by atoms with van der Waals surface area (Å²) in [5.74, 6) is -0.0918. The molecule has 0 amide bonds. The van der Waals surface area contributed by atoms with Crippen molar-refractivity contribution in [1.82, 2.24) is 4.90 Å². The van der Waals surface area contributed by atoms with Gasteiger partial charge in [-0.05, 0) is 12.8 Å². The molecule has 1 unspecified atom stereocenters. The molecule has 0 aliphatic heterocycles. The maximum Gasteiger partial charge on any atom is 0.331 e. The van der Waals surface area contributed by atoms with Gasteiger partial charge in [0.1, 0.15) is 0 Å². The first-order valence-corrected chi connectivity index (χ1v) is 4.85. The van der Waals surface area contributed by atoms with Crippen molar-refractivity contribution in [3.63, 3.8) is 0 Å². The van der Waals surface area contributed by atoms with Gasteiger partial charge in [-0.15, -0.1) is 0 Å². The number of aliphatic imine (C=N–C) groups is 1. The number of ether oxygens (including phenoxy) is 1. The van der Waals surface area contributed by atoms with Crippen molar-refractivity contribution in [1.29, 1.82) is 0 Å². The van der Waals surface area contributed by atoms with E-state index in [0.29, 0.717) is 6.61 Å². The quantitative estimate of drug-likeness (QED) is 0.380. The van der Waals surface area contributed by atoms with Gasteiger partial charge in [-0.2, -0.15) is 0 Å². The summed E-state index contributed by atoms with van der Waals surface area (Å²) in [6.45, 7) is 6.10. The molecule has 0 heterocycles. The van der Waals surface area contributed by atoms with Crippen LogP contribution in [0.3, 0.4) is 0 Å². The minimum absolute atomic E-state index is 0.158. The molecule has 1 atom stereocenters. The summed E-state index contributed by atoms with van der Waals surface area (Å²) in [5, 5.41) is 0. The Bertz CT molecular complexity index is 200. The topological polar surface area (TPSA) is 41.9 Å². The first kappa shape index (κ1) is 12.9. The molecular weight excluding hydrogens is 180 g/mol. The molecule has 0 aromatic rings. The molecule has 0 aromatic carbocycles. The van der Waals surface area contributed by atoms with E-state index in [4.69, 9.17) is 4.74 Å². The molecule has 0 radical (unpaired) electrons. The Hall–Kier alpha value is -1.06. The lowest BCUT2D eigenvalue weighted by Gasteiger charge is -2.15. The molecule has 0 spiro atoms. The third kappa shape index (κ3) is 4.84. The second kappa shape index (κ2) is 6.40. The fourth-order valence-corrected chi connectivity index (χ4v) is 0.938. The Morgan fingerprint density at radius 2 is 2.07 bits per heavy atom. The summed E-state index contributed by atoms with van der Waals surface area (Å²) >= 11 is 0. The zero-order chi connectivity index (χ0) is 11.1. The van der Waals surface area contributed by atoms with Crippen LogP contribution < -0.4 is 0 Å². The first-order valence-electron chi connectivity index (χ1n) is 4.85. The highest BCUT2D eigenvalue weighted by Crippen LogP contribution is 2.08. The van der Waals surface area contributed by atoms with Crippen LogP contribution >= 0.6 is 0 Å². The SMILES string of the molecule is CCOC(=O)C(N=CN(C)C)C(C)C. The molecule has 0 aromatic heterocycles. The van der Waals surface area contributed by atoms with E-state index in [1.54, 1.807) is 18.2 Å². The van der Waals surface area contributed by atoms with Crippen molar-refractivity contribution in [3.05, 3.63) is 0 Å². The maximum atomic E-state index is 11.4. The van der Waals surface area contributed by atoms with Gasteiger partial charge >= 0.3 is 5.97 Å². The highest BCUT2D eigenvalue weighted by atomic mass is 16.5. The van der Waals surface area contributed by atoms with Crippen LogP contribution in [0.4, 0.5) is 0 Å². The monoisotopic (exact) mass is 200 g/mol. The van der Waals surface area contributed by atoms with E-state index in [9.17, 15) is 4.79 Å². The zero-order valence-corrected chi connectivity index (χ0v) is 9.65. The summed E-state index contributed by atoms with van der Waals surface area (Å²) in [4.78, 5) is 17.4. The number of rotatable bonds is 5. The van der Waals surface area contributed by atoms with Gasteiger partial charge in [-0.25, -0.2) is 4.79 Å². The zero-order valence-electron chi connectivity index (χ0n) is 9.65. The van der Waals surface area contributed by atoms with Crippen LogP contribution in [0.5, 0.6) is 0 Å². The highest BCUT2D eigenvalue weighted by molar-refractivity contribution is 5.78. The lowest BCUT2D eigenvalue weighted by Crippen LogP contribution is -2.28. The van der Waals surface area contributed by atoms with Gasteiger partial charge in [-0.1, -0.05) is 13.8 Å². The Labute approximate surface area is 86.0 Å². The second-order valence-electron chi connectivity index (χ2n) is 3.67. The van der Waals surface area contributed by atoms with Gasteiger partial charge < -0.3 is 9.64 Å². The largest absolute Gasteiger partial charge is 0.464 e. The summed E-state index contributed by atoms with van der Waals surface area (Å²) in [7, 11) is 3.73. The van der Waals surface area contributed by atoms with Gasteiger partial charge in [0.05, 0.1) is 12.9 Å². The third-order valence-electron chi connectivity index (χ3n) is 1.62. The van der Waals surface area contributed by atoms with Crippen LogP contribution in [0, 0.1) is 5.92 Å². The van der Waals surface area contributed by atoms with E-state index >= 15 is 0 Å². The smallest absolute Gasteiger partial charge is 0.331 e. The van der Waals surface area contributed by atoms with Crippen molar-refractivity contribution in [3.8, 4) is 0 Å². The van der Waals surface area contributed by atoms with E-state index < -0.39 is 6.04 Å². The molecule has 0 rings (SSSR count). The second-order valence-corrected chi connectivity index (χ2v) is 3.67. The molecule has 0 aliphatic carbocycles. The van der Waals surface area contributed by atoms with Crippen molar-refractivity contribution in [2.75, 3.05) is 20.7 Å². The Morgan fingerprint density at radius 3 is 2.43 bits per heavy atom. The Balaban J connectivity index is 4.36. The maximum absolute atomic E-state index is 11.4. The molecule has 4 nitrogen and oxygen atoms in total. The molecule has 82 valence electrons. The lowest BCUT2D eigenvalue weighted by atomic mass is 10.1. The summed E-state index contributed by atoms with van der Waals surface area (Å²) in [6, 6.07) is -0.391. The predicted molar refractivity (Wildman–Crippen MR) is 57.4 cm³/mol. The Morgan fingerprint density at radius 1 is 1.50 bits per heavy atom. The summed E-state index contributed by atoms with van der Waals surface area (Å²) in [5.41, 5.74) is 0. The average molecular weight is 200 g/mol.